The van der Waals surface area contributed by atoms with Crippen molar-refractivity contribution in [2.75, 3.05) is 37.7 Å². The smallest absolute Gasteiger partial charge is 0.0552 e. The molecule has 2 rings (SSSR count). The van der Waals surface area contributed by atoms with Crippen LogP contribution in [-0.2, 0) is 4.74 Å². The molecule has 1 saturated heterocycles. The molecule has 1 fully saturated rings. The average molecular weight is 290 g/mol. The molecule has 3 heteroatoms. The van der Waals surface area contributed by atoms with Crippen molar-refractivity contribution in [1.29, 1.82) is 0 Å². The molecular weight excluding hydrogens is 260 g/mol. The van der Waals surface area contributed by atoms with Gasteiger partial charge < -0.3 is 15.0 Å². The van der Waals surface area contributed by atoms with Crippen LogP contribution < -0.4 is 10.2 Å². The highest BCUT2D eigenvalue weighted by Gasteiger charge is 2.36. The Balaban J connectivity index is 2.08. The number of ether oxygens (including phenoxy) is 1. The molecule has 0 aromatic heterocycles. The maximum Gasteiger partial charge on any atom is 0.0552 e. The molecule has 0 radical (unpaired) electrons. The van der Waals surface area contributed by atoms with Crippen molar-refractivity contribution in [3.05, 3.63) is 29.8 Å². The zero-order valence-corrected chi connectivity index (χ0v) is 14.0. The lowest BCUT2D eigenvalue weighted by Gasteiger charge is -2.36. The van der Waals surface area contributed by atoms with Crippen molar-refractivity contribution in [2.45, 2.75) is 40.2 Å². The number of benzene rings is 1. The summed E-state index contributed by atoms with van der Waals surface area (Å²) in [6.07, 6.45) is 1.15. The quantitative estimate of drug-likeness (QED) is 0.834. The van der Waals surface area contributed by atoms with Crippen LogP contribution in [-0.4, -0.2) is 38.9 Å². The third kappa shape index (κ3) is 4.45. The lowest BCUT2D eigenvalue weighted by Crippen LogP contribution is -2.46. The van der Waals surface area contributed by atoms with Crippen LogP contribution in [0.5, 0.6) is 0 Å². The minimum Gasteiger partial charge on any atom is -0.381 e. The molecule has 0 aliphatic carbocycles. The number of hydrogen-bond acceptors (Lipinski definition) is 3. The van der Waals surface area contributed by atoms with E-state index in [4.69, 9.17) is 4.74 Å². The van der Waals surface area contributed by atoms with Crippen molar-refractivity contribution < 1.29 is 4.74 Å². The Morgan fingerprint density at radius 2 is 2.00 bits per heavy atom. The number of anilines is 1. The first-order valence-electron chi connectivity index (χ1n) is 8.17. The van der Waals surface area contributed by atoms with E-state index in [2.05, 4.69) is 62.2 Å². The topological polar surface area (TPSA) is 24.5 Å². The van der Waals surface area contributed by atoms with Crippen LogP contribution in [0.25, 0.3) is 0 Å². The van der Waals surface area contributed by atoms with Gasteiger partial charge in [-0.15, -0.1) is 0 Å². The van der Waals surface area contributed by atoms with Crippen LogP contribution in [0.3, 0.4) is 0 Å². The fourth-order valence-electron chi connectivity index (χ4n) is 2.94. The molecule has 1 N–H and O–H groups in total. The number of nitrogens with zero attached hydrogens (tertiary/aromatic N) is 1. The van der Waals surface area contributed by atoms with Crippen molar-refractivity contribution in [3.8, 4) is 0 Å². The fourth-order valence-corrected chi connectivity index (χ4v) is 2.94. The average Bonchev–Trinajstić information content (AvgIpc) is 2.93. The monoisotopic (exact) mass is 290 g/mol. The van der Waals surface area contributed by atoms with Gasteiger partial charge in [-0.3, -0.25) is 0 Å². The fraction of sp³-hybridized carbons (Fsp3) is 0.667. The summed E-state index contributed by atoms with van der Waals surface area (Å²) < 4.78 is 5.73. The largest absolute Gasteiger partial charge is 0.381 e. The first kappa shape index (κ1) is 16.3. The Morgan fingerprint density at radius 3 is 2.52 bits per heavy atom. The van der Waals surface area contributed by atoms with Crippen molar-refractivity contribution in [1.82, 2.24) is 5.32 Å². The summed E-state index contributed by atoms with van der Waals surface area (Å²) in [5.74, 6) is 0. The molecule has 1 aliphatic heterocycles. The second-order valence-electron chi connectivity index (χ2n) is 6.69. The zero-order valence-electron chi connectivity index (χ0n) is 14.0. The predicted octanol–water partition coefficient (Wildman–Crippen LogP) is 3.23. The minimum absolute atomic E-state index is 0.241. The van der Waals surface area contributed by atoms with E-state index in [-0.39, 0.29) is 5.41 Å². The van der Waals surface area contributed by atoms with Crippen LogP contribution >= 0.6 is 0 Å². The van der Waals surface area contributed by atoms with Gasteiger partial charge in [0.05, 0.1) is 6.61 Å². The molecule has 1 atom stereocenters. The highest BCUT2D eigenvalue weighted by atomic mass is 16.5. The minimum atomic E-state index is 0.241. The van der Waals surface area contributed by atoms with E-state index >= 15 is 0 Å². The third-order valence-corrected chi connectivity index (χ3v) is 4.38. The van der Waals surface area contributed by atoms with Gasteiger partial charge in [-0.05, 0) is 32.4 Å². The van der Waals surface area contributed by atoms with Crippen LogP contribution in [0.4, 0.5) is 5.69 Å². The molecule has 1 aromatic carbocycles. The summed E-state index contributed by atoms with van der Waals surface area (Å²) >= 11 is 0. The van der Waals surface area contributed by atoms with Gasteiger partial charge in [0.1, 0.15) is 0 Å². The molecule has 1 aliphatic rings. The Kier molecular flexibility index (Phi) is 5.65. The summed E-state index contributed by atoms with van der Waals surface area (Å²) in [5.41, 5.74) is 2.87. The summed E-state index contributed by atoms with van der Waals surface area (Å²) in [6, 6.07) is 9.39. The Labute approximate surface area is 129 Å². The van der Waals surface area contributed by atoms with Gasteiger partial charge in [0.15, 0.2) is 0 Å². The van der Waals surface area contributed by atoms with E-state index in [1.807, 2.05) is 0 Å². The maximum absolute atomic E-state index is 5.73. The Morgan fingerprint density at radius 1 is 1.29 bits per heavy atom. The van der Waals surface area contributed by atoms with Crippen LogP contribution in [0.2, 0.25) is 0 Å². The molecule has 1 aromatic rings. The molecule has 3 nitrogen and oxygen atoms in total. The summed E-state index contributed by atoms with van der Waals surface area (Å²) in [6.45, 7) is 13.7. The number of aryl methyl sites for hydroxylation is 1. The van der Waals surface area contributed by atoms with E-state index < -0.39 is 0 Å². The van der Waals surface area contributed by atoms with E-state index in [1.54, 1.807) is 0 Å². The van der Waals surface area contributed by atoms with E-state index in [0.29, 0.717) is 6.04 Å². The summed E-state index contributed by atoms with van der Waals surface area (Å²) in [5, 5.41) is 3.61. The first-order valence-corrected chi connectivity index (χ1v) is 8.17. The summed E-state index contributed by atoms with van der Waals surface area (Å²) in [7, 11) is 0. The number of hydrogen-bond donors (Lipinski definition) is 1. The van der Waals surface area contributed by atoms with Gasteiger partial charge in [0.25, 0.3) is 0 Å². The molecule has 21 heavy (non-hydrogen) atoms. The van der Waals surface area contributed by atoms with Crippen LogP contribution in [0.1, 0.15) is 32.8 Å². The second kappa shape index (κ2) is 7.28. The van der Waals surface area contributed by atoms with Crippen LogP contribution in [0, 0.1) is 12.3 Å². The standard InChI is InChI=1S/C18H30N2O/c1-5-20(17-8-6-16(4)7-9-17)13-18(10-11-21-14-18)12-19-15(2)3/h6-9,15,19H,5,10-14H2,1-4H3. The molecule has 0 amide bonds. The summed E-state index contributed by atoms with van der Waals surface area (Å²) in [4.78, 5) is 2.48. The van der Waals surface area contributed by atoms with E-state index in [0.717, 1.165) is 39.3 Å². The normalized spacial score (nSPS) is 22.0. The van der Waals surface area contributed by atoms with Crippen molar-refractivity contribution >= 4 is 5.69 Å². The Bertz CT molecular complexity index is 421. The third-order valence-electron chi connectivity index (χ3n) is 4.38. The van der Waals surface area contributed by atoms with Gasteiger partial charge in [0, 0.05) is 43.4 Å². The molecule has 1 unspecified atom stereocenters. The van der Waals surface area contributed by atoms with Gasteiger partial charge in [-0.2, -0.15) is 0 Å². The molecule has 0 saturated carbocycles. The zero-order chi connectivity index (χ0) is 15.3. The van der Waals surface area contributed by atoms with E-state index in [9.17, 15) is 0 Å². The van der Waals surface area contributed by atoms with Gasteiger partial charge in [0.2, 0.25) is 0 Å². The van der Waals surface area contributed by atoms with Crippen LogP contribution in [0.15, 0.2) is 24.3 Å². The van der Waals surface area contributed by atoms with Crippen molar-refractivity contribution in [3.63, 3.8) is 0 Å². The lowest BCUT2D eigenvalue weighted by atomic mass is 9.86. The van der Waals surface area contributed by atoms with Crippen molar-refractivity contribution in [2.24, 2.45) is 5.41 Å². The highest BCUT2D eigenvalue weighted by Crippen LogP contribution is 2.31. The van der Waals surface area contributed by atoms with E-state index in [1.165, 1.54) is 11.3 Å². The Hall–Kier alpha value is -1.06. The van der Waals surface area contributed by atoms with Gasteiger partial charge in [-0.1, -0.05) is 31.5 Å². The number of nitrogens with one attached hydrogen (secondary N) is 1. The maximum atomic E-state index is 5.73. The second-order valence-corrected chi connectivity index (χ2v) is 6.69. The predicted molar refractivity (Wildman–Crippen MR) is 90.1 cm³/mol. The molecule has 1 heterocycles. The first-order chi connectivity index (χ1) is 10.0. The number of rotatable bonds is 7. The van der Waals surface area contributed by atoms with Gasteiger partial charge in [-0.25, -0.2) is 0 Å². The van der Waals surface area contributed by atoms with Gasteiger partial charge >= 0.3 is 0 Å². The highest BCUT2D eigenvalue weighted by molar-refractivity contribution is 5.47. The molecular formula is C18H30N2O. The molecule has 118 valence electrons. The molecule has 0 bridgehead atoms. The lowest BCUT2D eigenvalue weighted by molar-refractivity contribution is 0.150. The molecule has 0 spiro atoms. The SMILES string of the molecule is CCN(CC1(CNC(C)C)CCOC1)c1ccc(C)cc1.